The highest BCUT2D eigenvalue weighted by atomic mass is 16.3. The Kier molecular flexibility index (Phi) is 2.60. The van der Waals surface area contributed by atoms with E-state index in [1.54, 1.807) is 6.07 Å². The van der Waals surface area contributed by atoms with Gasteiger partial charge in [-0.25, -0.2) is 0 Å². The predicted octanol–water partition coefficient (Wildman–Crippen LogP) is 4.33. The highest BCUT2D eigenvalue weighted by Crippen LogP contribution is 2.37. The smallest absolute Gasteiger partial charge is 0.116 e. The maximum atomic E-state index is 9.51. The van der Waals surface area contributed by atoms with Gasteiger partial charge in [-0.05, 0) is 47.6 Å². The summed E-state index contributed by atoms with van der Waals surface area (Å²) in [4.78, 5) is 0. The Morgan fingerprint density at radius 3 is 2.24 bits per heavy atom. The monoisotopic (exact) mass is 224 g/mol. The number of hydrogen-bond acceptors (Lipinski definition) is 1. The van der Waals surface area contributed by atoms with Crippen LogP contribution in [0.3, 0.4) is 0 Å². The Morgan fingerprint density at radius 1 is 0.882 bits per heavy atom. The molecule has 0 unspecified atom stereocenters. The summed E-state index contributed by atoms with van der Waals surface area (Å²) in [5.74, 6) is 1.09. The molecular weight excluding hydrogens is 208 g/mol. The Bertz CT molecular complexity index is 527. The summed E-state index contributed by atoms with van der Waals surface area (Å²) in [6.07, 6.45) is 4.01. The summed E-state index contributed by atoms with van der Waals surface area (Å²) in [6.45, 7) is 0. The molecule has 0 aromatic heterocycles. The summed E-state index contributed by atoms with van der Waals surface area (Å²) in [6, 6.07) is 16.2. The molecule has 86 valence electrons. The lowest BCUT2D eigenvalue weighted by Crippen LogP contribution is -2.08. The quantitative estimate of drug-likeness (QED) is 0.805. The molecule has 0 spiro atoms. The van der Waals surface area contributed by atoms with Crippen LogP contribution in [0.5, 0.6) is 5.75 Å². The first kappa shape index (κ1) is 10.4. The molecule has 1 N–H and O–H groups in total. The SMILES string of the molecule is Oc1cccc(-c2cccc(C3CCC3)c2)c1. The molecule has 0 atom stereocenters. The Morgan fingerprint density at radius 2 is 1.59 bits per heavy atom. The normalized spacial score (nSPS) is 15.5. The van der Waals surface area contributed by atoms with Crippen molar-refractivity contribution < 1.29 is 5.11 Å². The van der Waals surface area contributed by atoms with Crippen LogP contribution in [0, 0.1) is 0 Å². The third kappa shape index (κ3) is 2.05. The lowest BCUT2D eigenvalue weighted by Gasteiger charge is -2.26. The second-order valence-electron chi connectivity index (χ2n) is 4.80. The first-order valence-corrected chi connectivity index (χ1v) is 6.22. The minimum Gasteiger partial charge on any atom is -0.508 e. The summed E-state index contributed by atoms with van der Waals surface area (Å²) in [5.41, 5.74) is 3.73. The molecule has 1 nitrogen and oxygen atoms in total. The number of benzene rings is 2. The van der Waals surface area contributed by atoms with E-state index < -0.39 is 0 Å². The van der Waals surface area contributed by atoms with Gasteiger partial charge in [-0.1, -0.05) is 42.8 Å². The number of rotatable bonds is 2. The molecule has 0 aliphatic heterocycles. The minimum atomic E-state index is 0.330. The molecular formula is C16H16O. The third-order valence-electron chi connectivity index (χ3n) is 3.64. The number of phenolic OH excluding ortho intramolecular Hbond substituents is 1. The second-order valence-corrected chi connectivity index (χ2v) is 4.80. The molecule has 0 amide bonds. The molecule has 0 heterocycles. The van der Waals surface area contributed by atoms with Crippen LogP contribution < -0.4 is 0 Å². The maximum absolute atomic E-state index is 9.51. The van der Waals surface area contributed by atoms with E-state index in [1.165, 1.54) is 30.4 Å². The van der Waals surface area contributed by atoms with Gasteiger partial charge >= 0.3 is 0 Å². The van der Waals surface area contributed by atoms with Crippen LogP contribution in [0.4, 0.5) is 0 Å². The molecule has 1 aliphatic carbocycles. The highest BCUT2D eigenvalue weighted by Gasteiger charge is 2.19. The van der Waals surface area contributed by atoms with Crippen molar-refractivity contribution in [1.29, 1.82) is 0 Å². The zero-order chi connectivity index (χ0) is 11.7. The van der Waals surface area contributed by atoms with Gasteiger partial charge in [0.2, 0.25) is 0 Å². The summed E-state index contributed by atoms with van der Waals surface area (Å²) >= 11 is 0. The van der Waals surface area contributed by atoms with Gasteiger partial charge in [0.15, 0.2) is 0 Å². The van der Waals surface area contributed by atoms with E-state index in [-0.39, 0.29) is 0 Å². The van der Waals surface area contributed by atoms with Gasteiger partial charge < -0.3 is 5.11 Å². The van der Waals surface area contributed by atoms with Gasteiger partial charge in [-0.15, -0.1) is 0 Å². The first-order valence-electron chi connectivity index (χ1n) is 6.22. The van der Waals surface area contributed by atoms with Gasteiger partial charge in [0, 0.05) is 0 Å². The molecule has 3 rings (SSSR count). The van der Waals surface area contributed by atoms with E-state index >= 15 is 0 Å². The Labute approximate surface area is 102 Å². The van der Waals surface area contributed by atoms with E-state index in [1.807, 2.05) is 18.2 Å². The standard InChI is InChI=1S/C16H16O/c17-16-9-3-8-15(11-16)14-7-2-6-13(10-14)12-4-1-5-12/h2-3,6-12,17H,1,4-5H2. The molecule has 0 bridgehead atoms. The van der Waals surface area contributed by atoms with Crippen molar-refractivity contribution in [2.45, 2.75) is 25.2 Å². The molecule has 2 aromatic carbocycles. The van der Waals surface area contributed by atoms with Crippen molar-refractivity contribution in [3.05, 3.63) is 54.1 Å². The number of aromatic hydroxyl groups is 1. The van der Waals surface area contributed by atoms with Gasteiger partial charge in [-0.3, -0.25) is 0 Å². The molecule has 17 heavy (non-hydrogen) atoms. The lowest BCUT2D eigenvalue weighted by molar-refractivity contribution is 0.420. The van der Waals surface area contributed by atoms with Crippen molar-refractivity contribution in [2.75, 3.05) is 0 Å². The van der Waals surface area contributed by atoms with E-state index in [0.717, 1.165) is 11.5 Å². The zero-order valence-electron chi connectivity index (χ0n) is 9.76. The lowest BCUT2D eigenvalue weighted by atomic mass is 9.79. The van der Waals surface area contributed by atoms with Crippen LogP contribution in [0.2, 0.25) is 0 Å². The maximum Gasteiger partial charge on any atom is 0.116 e. The first-order chi connectivity index (χ1) is 8.33. The van der Waals surface area contributed by atoms with Crippen LogP contribution in [0.25, 0.3) is 11.1 Å². The van der Waals surface area contributed by atoms with Gasteiger partial charge in [0.1, 0.15) is 5.75 Å². The fourth-order valence-corrected chi connectivity index (χ4v) is 2.40. The summed E-state index contributed by atoms with van der Waals surface area (Å²) in [5, 5.41) is 9.51. The number of hydrogen-bond donors (Lipinski definition) is 1. The van der Waals surface area contributed by atoms with Gasteiger partial charge in [0.25, 0.3) is 0 Å². The predicted molar refractivity (Wildman–Crippen MR) is 70.1 cm³/mol. The topological polar surface area (TPSA) is 20.2 Å². The van der Waals surface area contributed by atoms with Crippen molar-refractivity contribution >= 4 is 0 Å². The third-order valence-corrected chi connectivity index (χ3v) is 3.64. The van der Waals surface area contributed by atoms with Crippen LogP contribution in [-0.2, 0) is 0 Å². The zero-order valence-corrected chi connectivity index (χ0v) is 9.76. The van der Waals surface area contributed by atoms with Crippen molar-refractivity contribution in [2.24, 2.45) is 0 Å². The van der Waals surface area contributed by atoms with Crippen LogP contribution >= 0.6 is 0 Å². The fourth-order valence-electron chi connectivity index (χ4n) is 2.40. The molecule has 1 saturated carbocycles. The van der Waals surface area contributed by atoms with E-state index in [0.29, 0.717) is 5.75 Å². The highest BCUT2D eigenvalue weighted by molar-refractivity contribution is 5.65. The van der Waals surface area contributed by atoms with Crippen molar-refractivity contribution in [3.8, 4) is 16.9 Å². The van der Waals surface area contributed by atoms with Crippen LogP contribution in [0.1, 0.15) is 30.7 Å². The van der Waals surface area contributed by atoms with Gasteiger partial charge in [-0.2, -0.15) is 0 Å². The molecule has 0 radical (unpaired) electrons. The van der Waals surface area contributed by atoms with E-state index in [2.05, 4.69) is 24.3 Å². The Balaban J connectivity index is 1.97. The van der Waals surface area contributed by atoms with E-state index in [9.17, 15) is 5.11 Å². The second kappa shape index (κ2) is 4.25. The van der Waals surface area contributed by atoms with Crippen molar-refractivity contribution in [3.63, 3.8) is 0 Å². The summed E-state index contributed by atoms with van der Waals surface area (Å²) in [7, 11) is 0. The average Bonchev–Trinajstić information content (AvgIpc) is 2.27. The Hall–Kier alpha value is -1.76. The van der Waals surface area contributed by atoms with Crippen molar-refractivity contribution in [1.82, 2.24) is 0 Å². The molecule has 1 aliphatic rings. The molecule has 0 saturated heterocycles. The molecule has 2 aromatic rings. The largest absolute Gasteiger partial charge is 0.508 e. The fraction of sp³-hybridized carbons (Fsp3) is 0.250. The average molecular weight is 224 g/mol. The van der Waals surface area contributed by atoms with E-state index in [4.69, 9.17) is 0 Å². The van der Waals surface area contributed by atoms with Crippen LogP contribution in [-0.4, -0.2) is 5.11 Å². The molecule has 1 heteroatoms. The molecule has 1 fully saturated rings. The van der Waals surface area contributed by atoms with Crippen LogP contribution in [0.15, 0.2) is 48.5 Å². The summed E-state index contributed by atoms with van der Waals surface area (Å²) < 4.78 is 0. The van der Waals surface area contributed by atoms with Gasteiger partial charge in [0.05, 0.1) is 0 Å². The number of phenols is 1. The minimum absolute atomic E-state index is 0.330.